The highest BCUT2D eigenvalue weighted by atomic mass is 79.9. The lowest BCUT2D eigenvalue weighted by Gasteiger charge is -2.41. The number of nitrogens with one attached hydrogen (secondary N) is 2. The number of alkyl halides is 3. The predicted octanol–water partition coefficient (Wildman–Crippen LogP) is 5.48. The van der Waals surface area contributed by atoms with E-state index in [1.807, 2.05) is 0 Å². The van der Waals surface area contributed by atoms with Crippen LogP contribution in [0.1, 0.15) is 63.7 Å². The Bertz CT molecular complexity index is 1630. The number of carbonyl (C=O) groups excluding carboxylic acids is 2. The third kappa shape index (κ3) is 5.35. The van der Waals surface area contributed by atoms with Crippen LogP contribution in [0.25, 0.3) is 5.69 Å². The second-order valence-electron chi connectivity index (χ2n) is 10.6. The summed E-state index contributed by atoms with van der Waals surface area (Å²) in [6.45, 7) is 5.66. The van der Waals surface area contributed by atoms with Gasteiger partial charge in [0.25, 0.3) is 17.4 Å². The molecule has 1 fully saturated rings. The van der Waals surface area contributed by atoms with Crippen LogP contribution in [0.15, 0.2) is 64.4 Å². The Morgan fingerprint density at radius 1 is 1.14 bits per heavy atom. The van der Waals surface area contributed by atoms with Gasteiger partial charge < -0.3 is 15.5 Å². The number of benzene rings is 2. The summed E-state index contributed by atoms with van der Waals surface area (Å²) in [6, 6.07) is 9.47. The standard InChI is InChI=1S/C30H29BrF3N5O3/c1-4-29(12-5-13-29)37-28-36-24-16-38(26(41)19-8-11-23(31)22(15-19)30(32,33)34)17(2)14-21(24)27(42)39(28)20-9-6-18(7-10-20)25(40)35-3/h4,6-11,15,17H,1,5,12-14,16H2,2-3H3,(H,35,40)(H,36,37)/t17-/m1/s1. The number of amides is 2. The van der Waals surface area contributed by atoms with E-state index in [9.17, 15) is 27.6 Å². The van der Waals surface area contributed by atoms with E-state index in [1.165, 1.54) is 28.6 Å². The second kappa shape index (κ2) is 11.0. The van der Waals surface area contributed by atoms with Gasteiger partial charge in [-0.15, -0.1) is 6.58 Å². The zero-order valence-electron chi connectivity index (χ0n) is 23.0. The molecule has 5 rings (SSSR count). The summed E-state index contributed by atoms with van der Waals surface area (Å²) in [4.78, 5) is 45.8. The van der Waals surface area contributed by atoms with Crippen LogP contribution < -0.4 is 16.2 Å². The van der Waals surface area contributed by atoms with Gasteiger partial charge in [0.15, 0.2) is 0 Å². The van der Waals surface area contributed by atoms with Crippen LogP contribution in [0.5, 0.6) is 0 Å². The Balaban J connectivity index is 1.56. The van der Waals surface area contributed by atoms with Crippen molar-refractivity contribution in [1.82, 2.24) is 19.8 Å². The fourth-order valence-corrected chi connectivity index (χ4v) is 5.83. The summed E-state index contributed by atoms with van der Waals surface area (Å²) in [5, 5.41) is 5.95. The molecule has 1 saturated carbocycles. The normalized spacial score (nSPS) is 17.6. The number of rotatable bonds is 6. The van der Waals surface area contributed by atoms with Gasteiger partial charge in [0.2, 0.25) is 5.95 Å². The highest BCUT2D eigenvalue weighted by Crippen LogP contribution is 2.37. The molecule has 1 aliphatic heterocycles. The fraction of sp³-hybridized carbons (Fsp3) is 0.333. The molecule has 2 aromatic carbocycles. The number of carbonyl (C=O) groups is 2. The number of hydrogen-bond donors (Lipinski definition) is 2. The first-order valence-corrected chi connectivity index (χ1v) is 14.2. The van der Waals surface area contributed by atoms with Crippen molar-refractivity contribution in [2.24, 2.45) is 0 Å². The number of halogens is 4. The van der Waals surface area contributed by atoms with Crippen LogP contribution in [-0.4, -0.2) is 44.9 Å². The predicted molar refractivity (Wildman–Crippen MR) is 156 cm³/mol. The van der Waals surface area contributed by atoms with Gasteiger partial charge >= 0.3 is 6.18 Å². The van der Waals surface area contributed by atoms with Gasteiger partial charge in [-0.25, -0.2) is 9.55 Å². The van der Waals surface area contributed by atoms with Crippen molar-refractivity contribution in [3.63, 3.8) is 0 Å². The van der Waals surface area contributed by atoms with Gasteiger partial charge in [0.1, 0.15) is 0 Å². The number of anilines is 1. The number of aromatic nitrogens is 2. The largest absolute Gasteiger partial charge is 0.417 e. The summed E-state index contributed by atoms with van der Waals surface area (Å²) in [7, 11) is 1.53. The maximum Gasteiger partial charge on any atom is 0.417 e. The summed E-state index contributed by atoms with van der Waals surface area (Å²) in [6.07, 6.45) is -0.104. The highest BCUT2D eigenvalue weighted by Gasteiger charge is 2.38. The third-order valence-electron chi connectivity index (χ3n) is 8.01. The molecule has 2 aliphatic rings. The lowest BCUT2D eigenvalue weighted by atomic mass is 9.77. The van der Waals surface area contributed by atoms with Crippen molar-refractivity contribution in [2.45, 2.75) is 56.9 Å². The topological polar surface area (TPSA) is 96.3 Å². The summed E-state index contributed by atoms with van der Waals surface area (Å²) in [5.41, 5.74) is -0.104. The van der Waals surface area contributed by atoms with E-state index in [4.69, 9.17) is 4.98 Å². The Kier molecular flexibility index (Phi) is 7.78. The minimum atomic E-state index is -4.64. The first kappa shape index (κ1) is 29.6. The van der Waals surface area contributed by atoms with E-state index in [0.717, 1.165) is 25.3 Å². The van der Waals surface area contributed by atoms with Gasteiger partial charge in [0.05, 0.1) is 29.0 Å². The fourth-order valence-electron chi connectivity index (χ4n) is 5.36. The molecule has 0 unspecified atom stereocenters. The molecule has 42 heavy (non-hydrogen) atoms. The van der Waals surface area contributed by atoms with E-state index < -0.39 is 29.2 Å². The van der Waals surface area contributed by atoms with Crippen LogP contribution in [0, 0.1) is 0 Å². The third-order valence-corrected chi connectivity index (χ3v) is 8.70. The zero-order chi connectivity index (χ0) is 30.4. The molecule has 3 aromatic rings. The van der Waals surface area contributed by atoms with Gasteiger partial charge in [-0.1, -0.05) is 22.0 Å². The van der Waals surface area contributed by atoms with Crippen molar-refractivity contribution in [2.75, 3.05) is 12.4 Å². The lowest BCUT2D eigenvalue weighted by molar-refractivity contribution is -0.138. The summed E-state index contributed by atoms with van der Waals surface area (Å²) < 4.78 is 41.9. The van der Waals surface area contributed by atoms with Gasteiger partial charge in [-0.2, -0.15) is 13.2 Å². The number of nitrogens with zero attached hydrogens (tertiary/aromatic N) is 3. The first-order chi connectivity index (χ1) is 19.9. The van der Waals surface area contributed by atoms with Crippen molar-refractivity contribution in [3.05, 3.63) is 97.9 Å². The molecule has 0 bridgehead atoms. The number of fused-ring (bicyclic) bond motifs is 1. The first-order valence-electron chi connectivity index (χ1n) is 13.4. The molecule has 220 valence electrons. The van der Waals surface area contributed by atoms with Crippen molar-refractivity contribution >= 4 is 33.7 Å². The lowest BCUT2D eigenvalue weighted by Crippen LogP contribution is -2.48. The molecule has 2 heterocycles. The van der Waals surface area contributed by atoms with Gasteiger partial charge in [0, 0.05) is 34.3 Å². The van der Waals surface area contributed by atoms with Crippen LogP contribution in [-0.2, 0) is 19.1 Å². The Hall–Kier alpha value is -3.93. The van der Waals surface area contributed by atoms with Gasteiger partial charge in [-0.3, -0.25) is 14.4 Å². The molecule has 2 amide bonds. The van der Waals surface area contributed by atoms with E-state index in [1.54, 1.807) is 37.3 Å². The maximum absolute atomic E-state index is 14.0. The second-order valence-corrected chi connectivity index (χ2v) is 11.5. The monoisotopic (exact) mass is 643 g/mol. The molecule has 0 spiro atoms. The molecule has 0 saturated heterocycles. The number of hydrogen-bond acceptors (Lipinski definition) is 5. The average Bonchev–Trinajstić information content (AvgIpc) is 2.94. The molecule has 8 nitrogen and oxygen atoms in total. The molecule has 12 heteroatoms. The van der Waals surface area contributed by atoms with Gasteiger partial charge in [-0.05, 0) is 75.1 Å². The molecule has 1 aliphatic carbocycles. The van der Waals surface area contributed by atoms with E-state index in [-0.39, 0.29) is 40.4 Å². The Labute approximate surface area is 248 Å². The van der Waals surface area contributed by atoms with Crippen molar-refractivity contribution < 1.29 is 22.8 Å². The Morgan fingerprint density at radius 3 is 2.38 bits per heavy atom. The van der Waals surface area contributed by atoms with Crippen molar-refractivity contribution in [1.29, 1.82) is 0 Å². The summed E-state index contributed by atoms with van der Waals surface area (Å²) in [5.74, 6) is -0.587. The van der Waals surface area contributed by atoms with Crippen LogP contribution in [0.2, 0.25) is 0 Å². The van der Waals surface area contributed by atoms with Crippen LogP contribution >= 0.6 is 15.9 Å². The minimum Gasteiger partial charge on any atom is -0.355 e. The highest BCUT2D eigenvalue weighted by molar-refractivity contribution is 9.10. The zero-order valence-corrected chi connectivity index (χ0v) is 24.6. The molecular weight excluding hydrogens is 615 g/mol. The summed E-state index contributed by atoms with van der Waals surface area (Å²) >= 11 is 2.92. The minimum absolute atomic E-state index is 0.0474. The van der Waals surface area contributed by atoms with Crippen LogP contribution in [0.3, 0.4) is 0 Å². The molecule has 2 N–H and O–H groups in total. The average molecular weight is 644 g/mol. The van der Waals surface area contributed by atoms with E-state index >= 15 is 0 Å². The van der Waals surface area contributed by atoms with Crippen molar-refractivity contribution in [3.8, 4) is 5.69 Å². The van der Waals surface area contributed by atoms with Crippen LogP contribution in [0.4, 0.5) is 19.1 Å². The SMILES string of the molecule is C=CC1(Nc2nc3c(c(=O)n2-c2ccc(C(=O)NC)cc2)C[C@@H](C)N(C(=O)c2ccc(Br)c(C(F)(F)F)c2)C3)CCC1. The smallest absolute Gasteiger partial charge is 0.355 e. The maximum atomic E-state index is 14.0. The molecule has 0 radical (unpaired) electrons. The van der Waals surface area contributed by atoms with E-state index in [0.29, 0.717) is 22.5 Å². The molecule has 1 atom stereocenters. The Morgan fingerprint density at radius 2 is 1.81 bits per heavy atom. The molecule has 1 aromatic heterocycles. The molecular formula is C30H29BrF3N5O3. The quantitative estimate of drug-likeness (QED) is 0.347. The van der Waals surface area contributed by atoms with E-state index in [2.05, 4.69) is 33.1 Å².